The number of hydrogen-bond acceptors (Lipinski definition) is 11. The van der Waals surface area contributed by atoms with Crippen LogP contribution in [0.3, 0.4) is 0 Å². The summed E-state index contributed by atoms with van der Waals surface area (Å²) in [6.07, 6.45) is 9.45. The highest BCUT2D eigenvalue weighted by molar-refractivity contribution is 6.62. The monoisotopic (exact) mass is 736 g/mol. The fourth-order valence-electron chi connectivity index (χ4n) is 4.54. The van der Waals surface area contributed by atoms with E-state index < -0.39 is 18.3 Å². The highest BCUT2D eigenvalue weighted by Crippen LogP contribution is 2.36. The van der Waals surface area contributed by atoms with E-state index in [2.05, 4.69) is 47.1 Å². The van der Waals surface area contributed by atoms with E-state index in [1.54, 1.807) is 77.9 Å². The molecule has 51 heavy (non-hydrogen) atoms. The van der Waals surface area contributed by atoms with E-state index in [-0.39, 0.29) is 0 Å². The first kappa shape index (κ1) is 37.0. The minimum Gasteiger partial charge on any atom is -0.399 e. The van der Waals surface area contributed by atoms with Gasteiger partial charge in [0.05, 0.1) is 51.5 Å². The van der Waals surface area contributed by atoms with Crippen LogP contribution >= 0.6 is 34.8 Å². The second kappa shape index (κ2) is 16.2. The Balaban J connectivity index is 0.000000152. The molecule has 5 heterocycles. The van der Waals surface area contributed by atoms with Crippen molar-refractivity contribution in [3.63, 3.8) is 0 Å². The minimum atomic E-state index is -0.485. The van der Waals surface area contributed by atoms with Gasteiger partial charge in [0.1, 0.15) is 24.1 Å². The standard InChI is InChI=1S/C14H8ClN5.C13H15BClNO2.C8H5ClN4/c15-12-5-10(8-16)4-11(6-12)13-7-14(18-9-17-13)20-3-1-2-19-20;1-12(2)13(3,4)18-14(17-12)10-5-9(8-16)6-11(15)7-10;9-8-3-7(12-5-13-8)6-1-2-10-4-11-6/h1-7,9H;5-7H,1-4H3;1-5H. The third-order valence-corrected chi connectivity index (χ3v) is 8.41. The molecule has 0 unspecified atom stereocenters. The molecule has 2 aromatic carbocycles. The van der Waals surface area contributed by atoms with Crippen LogP contribution in [0.5, 0.6) is 0 Å². The molecule has 12 nitrogen and oxygen atoms in total. The maximum atomic E-state index is 8.98. The van der Waals surface area contributed by atoms with Crippen LogP contribution in [0.2, 0.25) is 15.2 Å². The summed E-state index contributed by atoms with van der Waals surface area (Å²) in [7, 11) is -0.485. The first-order valence-corrected chi connectivity index (χ1v) is 16.3. The predicted molar refractivity (Wildman–Crippen MR) is 194 cm³/mol. The third-order valence-electron chi connectivity index (χ3n) is 7.77. The molecule has 1 saturated heterocycles. The lowest BCUT2D eigenvalue weighted by atomic mass is 9.78. The molecule has 0 saturated carbocycles. The lowest BCUT2D eigenvalue weighted by Crippen LogP contribution is -2.41. The second-order valence-electron chi connectivity index (χ2n) is 11.8. The van der Waals surface area contributed by atoms with Gasteiger partial charge in [0.25, 0.3) is 0 Å². The Labute approximate surface area is 309 Å². The van der Waals surface area contributed by atoms with E-state index in [0.717, 1.165) is 16.7 Å². The number of halogens is 3. The van der Waals surface area contributed by atoms with Gasteiger partial charge in [-0.05, 0) is 81.7 Å². The quantitative estimate of drug-likeness (QED) is 0.136. The molecule has 0 N–H and O–H groups in total. The molecule has 0 atom stereocenters. The van der Waals surface area contributed by atoms with Gasteiger partial charge in [-0.25, -0.2) is 34.6 Å². The Morgan fingerprint density at radius 1 is 0.686 bits per heavy atom. The maximum Gasteiger partial charge on any atom is 0.494 e. The number of aromatic nitrogens is 8. The third kappa shape index (κ3) is 9.50. The van der Waals surface area contributed by atoms with Crippen LogP contribution in [0.1, 0.15) is 38.8 Å². The molecule has 1 fully saturated rings. The van der Waals surface area contributed by atoms with Crippen LogP contribution < -0.4 is 5.46 Å². The maximum absolute atomic E-state index is 8.98. The largest absolute Gasteiger partial charge is 0.494 e. The highest BCUT2D eigenvalue weighted by Gasteiger charge is 2.51. The van der Waals surface area contributed by atoms with Gasteiger partial charge in [-0.3, -0.25) is 0 Å². The Kier molecular flexibility index (Phi) is 11.7. The smallest absolute Gasteiger partial charge is 0.399 e. The Hall–Kier alpha value is -5.28. The van der Waals surface area contributed by atoms with Crippen molar-refractivity contribution in [1.82, 2.24) is 39.7 Å². The molecule has 1 aliphatic heterocycles. The summed E-state index contributed by atoms with van der Waals surface area (Å²) in [5.74, 6) is 0.651. The molecule has 0 radical (unpaired) electrons. The van der Waals surface area contributed by atoms with Gasteiger partial charge in [-0.1, -0.05) is 34.8 Å². The first-order valence-electron chi connectivity index (χ1n) is 15.2. The lowest BCUT2D eigenvalue weighted by Gasteiger charge is -2.32. The van der Waals surface area contributed by atoms with Crippen LogP contribution in [0, 0.1) is 22.7 Å². The van der Waals surface area contributed by atoms with Gasteiger partial charge in [0.2, 0.25) is 0 Å². The van der Waals surface area contributed by atoms with Crippen molar-refractivity contribution in [3.05, 3.63) is 125 Å². The lowest BCUT2D eigenvalue weighted by molar-refractivity contribution is 0.00578. The molecule has 0 spiro atoms. The Bertz CT molecular complexity index is 2190. The summed E-state index contributed by atoms with van der Waals surface area (Å²) in [5.41, 5.74) is 3.87. The summed E-state index contributed by atoms with van der Waals surface area (Å²) < 4.78 is 13.5. The number of hydrogen-bond donors (Lipinski definition) is 0. The second-order valence-corrected chi connectivity index (χ2v) is 13.1. The summed E-state index contributed by atoms with van der Waals surface area (Å²) in [6, 6.07) is 21.4. The van der Waals surface area contributed by atoms with Gasteiger partial charge in [0.15, 0.2) is 5.82 Å². The number of nitriles is 2. The Morgan fingerprint density at radius 2 is 1.33 bits per heavy atom. The summed E-state index contributed by atoms with van der Waals surface area (Å²) in [6.45, 7) is 7.96. The zero-order chi connectivity index (χ0) is 36.6. The molecule has 1 aliphatic rings. The van der Waals surface area contributed by atoms with E-state index in [1.807, 2.05) is 33.8 Å². The molecular formula is C35H28BCl3N10O2. The van der Waals surface area contributed by atoms with Gasteiger partial charge in [-0.15, -0.1) is 0 Å². The van der Waals surface area contributed by atoms with E-state index in [4.69, 9.17) is 54.6 Å². The molecule has 16 heteroatoms. The zero-order valence-electron chi connectivity index (χ0n) is 27.7. The van der Waals surface area contributed by atoms with Crippen molar-refractivity contribution < 1.29 is 9.31 Å². The number of rotatable bonds is 4. The van der Waals surface area contributed by atoms with Crippen molar-refractivity contribution in [2.75, 3.05) is 0 Å². The molecule has 7 rings (SSSR count). The van der Waals surface area contributed by atoms with Crippen molar-refractivity contribution >= 4 is 47.4 Å². The van der Waals surface area contributed by atoms with Gasteiger partial charge in [0, 0.05) is 46.3 Å². The molecular weight excluding hydrogens is 710 g/mol. The van der Waals surface area contributed by atoms with Gasteiger partial charge < -0.3 is 9.31 Å². The molecule has 0 bridgehead atoms. The zero-order valence-corrected chi connectivity index (χ0v) is 30.0. The fraction of sp³-hybridized carbons (Fsp3) is 0.171. The van der Waals surface area contributed by atoms with Crippen LogP contribution in [0.15, 0.2) is 98.2 Å². The van der Waals surface area contributed by atoms with Gasteiger partial charge >= 0.3 is 7.12 Å². The topological polar surface area (TPSA) is 161 Å². The van der Waals surface area contributed by atoms with Crippen LogP contribution in [0.25, 0.3) is 28.5 Å². The minimum absolute atomic E-state index is 0.396. The first-order chi connectivity index (χ1) is 24.4. The highest BCUT2D eigenvalue weighted by atomic mass is 35.5. The van der Waals surface area contributed by atoms with Crippen molar-refractivity contribution in [3.8, 4) is 40.6 Å². The average Bonchev–Trinajstić information content (AvgIpc) is 3.74. The SMILES string of the molecule is CC1(C)OB(c2cc(Cl)cc(C#N)c2)OC1(C)C.Clc1cc(-c2ccncn2)ncn1.N#Cc1cc(Cl)cc(-c2cc(-n3cccn3)ncn2)c1. The molecule has 0 aliphatic carbocycles. The van der Waals surface area contributed by atoms with Crippen molar-refractivity contribution in [2.45, 2.75) is 38.9 Å². The number of benzene rings is 2. The summed E-state index contributed by atoms with van der Waals surface area (Å²) >= 11 is 17.7. The molecule has 254 valence electrons. The van der Waals surface area contributed by atoms with Gasteiger partial charge in [-0.2, -0.15) is 15.6 Å². The fourth-order valence-corrected chi connectivity index (χ4v) is 5.17. The van der Waals surface area contributed by atoms with E-state index in [1.165, 1.54) is 19.0 Å². The number of nitrogens with zero attached hydrogens (tertiary/aromatic N) is 10. The molecule has 6 aromatic rings. The van der Waals surface area contributed by atoms with E-state index in [9.17, 15) is 0 Å². The Morgan fingerprint density at radius 3 is 1.96 bits per heavy atom. The van der Waals surface area contributed by atoms with Crippen LogP contribution in [0.4, 0.5) is 0 Å². The average molecular weight is 738 g/mol. The molecule has 4 aromatic heterocycles. The molecule has 0 amide bonds. The summed E-state index contributed by atoms with van der Waals surface area (Å²) in [5, 5.41) is 23.5. The normalized spacial score (nSPS) is 13.9. The summed E-state index contributed by atoms with van der Waals surface area (Å²) in [4.78, 5) is 24.0. The van der Waals surface area contributed by atoms with Crippen molar-refractivity contribution in [2.24, 2.45) is 0 Å². The van der Waals surface area contributed by atoms with Crippen LogP contribution in [-0.4, -0.2) is 58.0 Å². The van der Waals surface area contributed by atoms with Crippen LogP contribution in [-0.2, 0) is 9.31 Å². The van der Waals surface area contributed by atoms with E-state index in [0.29, 0.717) is 43.5 Å². The predicted octanol–water partition coefficient (Wildman–Crippen LogP) is 6.95. The van der Waals surface area contributed by atoms with Crippen molar-refractivity contribution in [1.29, 1.82) is 10.5 Å². The van der Waals surface area contributed by atoms with E-state index >= 15 is 0 Å².